The monoisotopic (exact) mass is 326 g/mol. The first-order valence-corrected chi connectivity index (χ1v) is 6.93. The molecule has 0 bridgehead atoms. The van der Waals surface area contributed by atoms with Crippen LogP contribution in [-0.2, 0) is 14.2 Å². The number of ether oxygens (including phenoxy) is 3. The maximum atomic E-state index is 9.93. The van der Waals surface area contributed by atoms with Crippen molar-refractivity contribution in [2.24, 2.45) is 0 Å². The molecular weight excluding hydrogens is 304 g/mol. The minimum Gasteiger partial charge on any atom is -0.394 e. The van der Waals surface area contributed by atoms with Gasteiger partial charge in [0.25, 0.3) is 0 Å². The molecule has 7 N–H and O–H groups in total. The van der Waals surface area contributed by atoms with Crippen LogP contribution in [0.15, 0.2) is 0 Å². The van der Waals surface area contributed by atoms with Crippen molar-refractivity contribution in [3.63, 3.8) is 0 Å². The minimum absolute atomic E-state index is 0.630. The lowest BCUT2D eigenvalue weighted by Gasteiger charge is -2.44. The van der Waals surface area contributed by atoms with Gasteiger partial charge in [-0.1, -0.05) is 0 Å². The Balaban J connectivity index is 2.10. The first kappa shape index (κ1) is 17.9. The third kappa shape index (κ3) is 3.26. The number of hydrogen-bond donors (Lipinski definition) is 7. The standard InChI is InChI=1S/C12H22O10/c1-3-5(14)6(15)9(18)12(20-3)22-10-4(2-13)21-11(19)8(17)7(10)16/h3-19H,2H2,1H3/t3-,4-,5+,6-,7-,8+,9+,10+,11-,12-/m1/s1. The van der Waals surface area contributed by atoms with Crippen molar-refractivity contribution in [1.29, 1.82) is 0 Å². The van der Waals surface area contributed by atoms with Gasteiger partial charge in [0.15, 0.2) is 12.6 Å². The van der Waals surface area contributed by atoms with Gasteiger partial charge in [-0.15, -0.1) is 0 Å². The fourth-order valence-electron chi connectivity index (χ4n) is 2.52. The Morgan fingerprint density at radius 1 is 0.818 bits per heavy atom. The van der Waals surface area contributed by atoms with E-state index in [1.165, 1.54) is 6.92 Å². The van der Waals surface area contributed by atoms with Crippen molar-refractivity contribution >= 4 is 0 Å². The van der Waals surface area contributed by atoms with Crippen LogP contribution in [-0.4, -0.2) is 104 Å². The Kier molecular flexibility index (Phi) is 5.72. The second-order valence-electron chi connectivity index (χ2n) is 5.51. The molecule has 10 atom stereocenters. The molecule has 2 rings (SSSR count). The Labute approximate surface area is 126 Å². The Morgan fingerprint density at radius 3 is 2.05 bits per heavy atom. The van der Waals surface area contributed by atoms with Crippen molar-refractivity contribution in [2.45, 2.75) is 68.3 Å². The number of rotatable bonds is 3. The zero-order chi connectivity index (χ0) is 16.6. The summed E-state index contributed by atoms with van der Waals surface area (Å²) in [6, 6.07) is 0. The molecule has 2 fully saturated rings. The molecule has 0 unspecified atom stereocenters. The van der Waals surface area contributed by atoms with Crippen LogP contribution in [0.5, 0.6) is 0 Å². The zero-order valence-electron chi connectivity index (χ0n) is 11.8. The molecule has 10 nitrogen and oxygen atoms in total. The van der Waals surface area contributed by atoms with Crippen LogP contribution < -0.4 is 0 Å². The highest BCUT2D eigenvalue weighted by Gasteiger charge is 2.49. The summed E-state index contributed by atoms with van der Waals surface area (Å²) in [4.78, 5) is 0. The third-order valence-corrected chi connectivity index (χ3v) is 3.94. The summed E-state index contributed by atoms with van der Waals surface area (Å²) in [7, 11) is 0. The summed E-state index contributed by atoms with van der Waals surface area (Å²) in [6.45, 7) is 0.821. The lowest BCUT2D eigenvalue weighted by Crippen LogP contribution is -2.63. The molecule has 0 saturated carbocycles. The third-order valence-electron chi connectivity index (χ3n) is 3.94. The molecule has 0 spiro atoms. The molecule has 0 aromatic carbocycles. The van der Waals surface area contributed by atoms with E-state index < -0.39 is 68.0 Å². The minimum atomic E-state index is -1.70. The summed E-state index contributed by atoms with van der Waals surface area (Å²) < 4.78 is 15.4. The van der Waals surface area contributed by atoms with Crippen LogP contribution in [0.2, 0.25) is 0 Å². The summed E-state index contributed by atoms with van der Waals surface area (Å²) >= 11 is 0. The van der Waals surface area contributed by atoms with Crippen molar-refractivity contribution in [3.8, 4) is 0 Å². The van der Waals surface area contributed by atoms with Gasteiger partial charge in [0, 0.05) is 0 Å². The second-order valence-corrected chi connectivity index (χ2v) is 5.51. The second kappa shape index (κ2) is 7.01. The van der Waals surface area contributed by atoms with Crippen LogP contribution in [0.25, 0.3) is 0 Å². The van der Waals surface area contributed by atoms with E-state index in [0.29, 0.717) is 0 Å². The fraction of sp³-hybridized carbons (Fsp3) is 1.00. The molecule has 22 heavy (non-hydrogen) atoms. The maximum absolute atomic E-state index is 9.93. The van der Waals surface area contributed by atoms with E-state index in [0.717, 1.165) is 0 Å². The van der Waals surface area contributed by atoms with Crippen molar-refractivity contribution in [1.82, 2.24) is 0 Å². The number of hydrogen-bond acceptors (Lipinski definition) is 10. The highest BCUT2D eigenvalue weighted by atomic mass is 16.7. The maximum Gasteiger partial charge on any atom is 0.187 e. The topological polar surface area (TPSA) is 169 Å². The average Bonchev–Trinajstić information content (AvgIpc) is 2.50. The summed E-state index contributed by atoms with van der Waals surface area (Å²) in [5.74, 6) is 0. The first-order valence-electron chi connectivity index (χ1n) is 6.93. The Morgan fingerprint density at radius 2 is 1.45 bits per heavy atom. The van der Waals surface area contributed by atoms with E-state index in [9.17, 15) is 35.7 Å². The van der Waals surface area contributed by atoms with E-state index in [4.69, 9.17) is 14.2 Å². The van der Waals surface area contributed by atoms with E-state index in [1.807, 2.05) is 0 Å². The predicted octanol–water partition coefficient (Wildman–Crippen LogP) is -4.37. The van der Waals surface area contributed by atoms with Gasteiger partial charge in [-0.2, -0.15) is 0 Å². The molecule has 0 radical (unpaired) electrons. The van der Waals surface area contributed by atoms with Crippen LogP contribution in [0.4, 0.5) is 0 Å². The Bertz CT molecular complexity index is 366. The number of aliphatic hydroxyl groups excluding tert-OH is 7. The molecule has 0 aliphatic carbocycles. The van der Waals surface area contributed by atoms with Crippen molar-refractivity contribution in [2.75, 3.05) is 6.61 Å². The first-order chi connectivity index (χ1) is 10.3. The van der Waals surface area contributed by atoms with Gasteiger partial charge in [-0.25, -0.2) is 0 Å². The van der Waals surface area contributed by atoms with Gasteiger partial charge in [0.2, 0.25) is 0 Å². The van der Waals surface area contributed by atoms with Crippen LogP contribution in [0.1, 0.15) is 6.92 Å². The van der Waals surface area contributed by atoms with Crippen LogP contribution >= 0.6 is 0 Å². The molecular formula is C12H22O10. The normalized spacial score (nSPS) is 53.5. The van der Waals surface area contributed by atoms with Crippen LogP contribution in [0.3, 0.4) is 0 Å². The summed E-state index contributed by atoms with van der Waals surface area (Å²) in [6.07, 6.45) is -14.2. The van der Waals surface area contributed by atoms with Gasteiger partial charge in [-0.05, 0) is 6.92 Å². The van der Waals surface area contributed by atoms with Gasteiger partial charge >= 0.3 is 0 Å². The molecule has 10 heteroatoms. The molecule has 0 aromatic heterocycles. The summed E-state index contributed by atoms with van der Waals surface area (Å²) in [5.41, 5.74) is 0. The highest BCUT2D eigenvalue weighted by Crippen LogP contribution is 2.28. The van der Waals surface area contributed by atoms with Gasteiger partial charge < -0.3 is 50.0 Å². The lowest BCUT2D eigenvalue weighted by atomic mass is 9.97. The highest BCUT2D eigenvalue weighted by molar-refractivity contribution is 4.93. The lowest BCUT2D eigenvalue weighted by molar-refractivity contribution is -0.352. The van der Waals surface area contributed by atoms with E-state index >= 15 is 0 Å². The Hall–Kier alpha value is -0.400. The van der Waals surface area contributed by atoms with Gasteiger partial charge in [0.1, 0.15) is 42.7 Å². The summed E-state index contributed by atoms with van der Waals surface area (Å²) in [5, 5.41) is 67.3. The molecule has 2 aliphatic heterocycles. The van der Waals surface area contributed by atoms with Gasteiger partial charge in [-0.3, -0.25) is 0 Å². The van der Waals surface area contributed by atoms with E-state index in [-0.39, 0.29) is 0 Å². The van der Waals surface area contributed by atoms with Crippen LogP contribution in [0, 0.1) is 0 Å². The van der Waals surface area contributed by atoms with Gasteiger partial charge in [0.05, 0.1) is 12.7 Å². The number of aliphatic hydroxyl groups is 7. The quantitative estimate of drug-likeness (QED) is 0.269. The molecule has 2 aliphatic rings. The molecule has 130 valence electrons. The van der Waals surface area contributed by atoms with E-state index in [2.05, 4.69) is 0 Å². The SMILES string of the molecule is C[C@H]1O[C@H](O[C@@H]2[C@H](O)[C@H](O)[C@H](O)O[C@@H]2CO)[C@@H](O)[C@H](O)[C@H]1O. The molecule has 2 heterocycles. The molecule has 0 aromatic rings. The average molecular weight is 326 g/mol. The molecule has 0 amide bonds. The largest absolute Gasteiger partial charge is 0.394 e. The predicted molar refractivity (Wildman–Crippen MR) is 67.2 cm³/mol. The van der Waals surface area contributed by atoms with Crippen molar-refractivity contribution in [3.05, 3.63) is 0 Å². The molecule has 2 saturated heterocycles. The zero-order valence-corrected chi connectivity index (χ0v) is 11.8. The van der Waals surface area contributed by atoms with E-state index in [1.54, 1.807) is 0 Å². The fourth-order valence-corrected chi connectivity index (χ4v) is 2.52. The van der Waals surface area contributed by atoms with Crippen molar-refractivity contribution < 1.29 is 50.0 Å². The smallest absolute Gasteiger partial charge is 0.187 e.